The van der Waals surface area contributed by atoms with Crippen LogP contribution in [0.4, 0.5) is 5.69 Å². The van der Waals surface area contributed by atoms with Crippen molar-refractivity contribution in [3.05, 3.63) is 105 Å². The molecule has 2 aromatic carbocycles. The molecule has 1 aromatic heterocycles. The molecule has 0 saturated carbocycles. The van der Waals surface area contributed by atoms with E-state index in [0.717, 1.165) is 6.42 Å². The highest BCUT2D eigenvalue weighted by molar-refractivity contribution is 6.46. The number of carbonyl (C=O) groups excluding carboxylic acids is 2. The number of aliphatic hydroxyl groups is 1. The van der Waals surface area contributed by atoms with Gasteiger partial charge in [0.15, 0.2) is 0 Å². The number of benzene rings is 2. The maximum atomic E-state index is 13.1. The normalized spacial score (nSPS) is 16.9. The number of rotatable bonds is 8. The average Bonchev–Trinajstić information content (AvgIpc) is 3.13. The van der Waals surface area contributed by atoms with E-state index in [2.05, 4.69) is 4.98 Å². The summed E-state index contributed by atoms with van der Waals surface area (Å²) in [4.78, 5) is 42.3. The smallest absolute Gasteiger partial charge is 0.296 e. The number of likely N-dealkylation sites (tertiary alicyclic amines) is 1. The SMILES string of the molecule is CCCOc1ccc(/C(O)=C2\C(=O)C(=O)N(Cc3ccccn3)C2c2ccc([N+](=O)[O-])cc2)cc1. The van der Waals surface area contributed by atoms with Crippen molar-refractivity contribution in [2.24, 2.45) is 0 Å². The van der Waals surface area contributed by atoms with Gasteiger partial charge in [0.1, 0.15) is 11.5 Å². The van der Waals surface area contributed by atoms with Gasteiger partial charge in [-0.1, -0.05) is 13.0 Å². The molecule has 9 heteroatoms. The molecule has 1 aliphatic rings. The minimum absolute atomic E-state index is 0.0215. The van der Waals surface area contributed by atoms with Crippen LogP contribution in [0.1, 0.15) is 36.2 Å². The van der Waals surface area contributed by atoms with E-state index in [4.69, 9.17) is 4.74 Å². The van der Waals surface area contributed by atoms with Crippen molar-refractivity contribution < 1.29 is 24.4 Å². The zero-order valence-corrected chi connectivity index (χ0v) is 19.0. The van der Waals surface area contributed by atoms with Gasteiger partial charge in [-0.15, -0.1) is 0 Å². The summed E-state index contributed by atoms with van der Waals surface area (Å²) in [6.45, 7) is 2.56. The quantitative estimate of drug-likeness (QED) is 0.169. The molecule has 0 spiro atoms. The molecule has 1 aliphatic heterocycles. The van der Waals surface area contributed by atoms with Crippen molar-refractivity contribution in [1.82, 2.24) is 9.88 Å². The minimum Gasteiger partial charge on any atom is -0.507 e. The van der Waals surface area contributed by atoms with Gasteiger partial charge in [0.25, 0.3) is 17.4 Å². The van der Waals surface area contributed by atoms with Crippen molar-refractivity contribution in [3.8, 4) is 5.75 Å². The lowest BCUT2D eigenvalue weighted by atomic mass is 9.95. The first kappa shape index (κ1) is 23.6. The molecule has 9 nitrogen and oxygen atoms in total. The highest BCUT2D eigenvalue weighted by Crippen LogP contribution is 2.40. The van der Waals surface area contributed by atoms with E-state index in [1.54, 1.807) is 48.7 Å². The third kappa shape index (κ3) is 4.89. The molecule has 4 rings (SSSR count). The molecule has 1 amide bonds. The lowest BCUT2D eigenvalue weighted by Crippen LogP contribution is -2.29. The Morgan fingerprint density at radius 1 is 1.09 bits per heavy atom. The molecule has 1 saturated heterocycles. The Morgan fingerprint density at radius 2 is 1.80 bits per heavy atom. The lowest BCUT2D eigenvalue weighted by molar-refractivity contribution is -0.384. The standard InChI is InChI=1S/C26H23N3O6/c1-2-15-35-21-12-8-18(9-13-21)24(30)22-23(17-6-10-20(11-7-17)29(33)34)28(26(32)25(22)31)16-19-5-3-4-14-27-19/h3-14,23,30H,2,15-16H2,1H3/b24-22+. The van der Waals surface area contributed by atoms with Gasteiger partial charge in [0.2, 0.25) is 0 Å². The first-order valence-corrected chi connectivity index (χ1v) is 11.1. The van der Waals surface area contributed by atoms with Crippen LogP contribution in [-0.4, -0.2) is 38.2 Å². The van der Waals surface area contributed by atoms with Crippen LogP contribution in [0.5, 0.6) is 5.75 Å². The predicted octanol–water partition coefficient (Wildman–Crippen LogP) is 4.40. The number of carbonyl (C=O) groups is 2. The summed E-state index contributed by atoms with van der Waals surface area (Å²) >= 11 is 0. The molecule has 0 bridgehead atoms. The number of amides is 1. The van der Waals surface area contributed by atoms with E-state index in [0.29, 0.717) is 29.2 Å². The summed E-state index contributed by atoms with van der Waals surface area (Å²) in [6, 6.07) is 16.4. The van der Waals surface area contributed by atoms with Crippen LogP contribution in [0.3, 0.4) is 0 Å². The van der Waals surface area contributed by atoms with Crippen molar-refractivity contribution >= 4 is 23.1 Å². The van der Waals surface area contributed by atoms with E-state index < -0.39 is 22.7 Å². The first-order valence-electron chi connectivity index (χ1n) is 11.1. The van der Waals surface area contributed by atoms with Crippen LogP contribution in [0.2, 0.25) is 0 Å². The molecule has 0 aliphatic carbocycles. The molecule has 178 valence electrons. The third-order valence-corrected chi connectivity index (χ3v) is 5.62. The number of aromatic nitrogens is 1. The van der Waals surface area contributed by atoms with Gasteiger partial charge in [0, 0.05) is 23.9 Å². The van der Waals surface area contributed by atoms with Crippen molar-refractivity contribution in [2.45, 2.75) is 25.9 Å². The molecule has 1 fully saturated rings. The summed E-state index contributed by atoms with van der Waals surface area (Å²) in [5.41, 5.74) is 1.13. The number of ether oxygens (including phenoxy) is 1. The van der Waals surface area contributed by atoms with Gasteiger partial charge >= 0.3 is 0 Å². The monoisotopic (exact) mass is 473 g/mol. The van der Waals surface area contributed by atoms with Gasteiger partial charge in [-0.3, -0.25) is 24.7 Å². The number of nitro benzene ring substituents is 1. The number of non-ortho nitro benzene ring substituents is 1. The topological polar surface area (TPSA) is 123 Å². The Kier molecular flexibility index (Phi) is 6.86. The van der Waals surface area contributed by atoms with E-state index >= 15 is 0 Å². The van der Waals surface area contributed by atoms with Crippen molar-refractivity contribution in [1.29, 1.82) is 0 Å². The number of ketones is 1. The Morgan fingerprint density at radius 3 is 2.40 bits per heavy atom. The third-order valence-electron chi connectivity index (χ3n) is 5.62. The highest BCUT2D eigenvalue weighted by atomic mass is 16.6. The summed E-state index contributed by atoms with van der Waals surface area (Å²) in [6.07, 6.45) is 2.42. The number of hydrogen-bond donors (Lipinski definition) is 1. The maximum absolute atomic E-state index is 13.1. The fourth-order valence-electron chi connectivity index (χ4n) is 3.92. The molecule has 3 aromatic rings. The molecule has 1 unspecified atom stereocenters. The van der Waals surface area contributed by atoms with Crippen LogP contribution >= 0.6 is 0 Å². The highest BCUT2D eigenvalue weighted by Gasteiger charge is 2.46. The number of nitro groups is 1. The number of hydrogen-bond acceptors (Lipinski definition) is 7. The number of aliphatic hydroxyl groups excluding tert-OH is 1. The second kappa shape index (κ2) is 10.2. The largest absolute Gasteiger partial charge is 0.507 e. The van der Waals surface area contributed by atoms with E-state index in [1.807, 2.05) is 6.92 Å². The second-order valence-electron chi connectivity index (χ2n) is 7.97. The zero-order valence-electron chi connectivity index (χ0n) is 19.0. The molecular formula is C26H23N3O6. The first-order chi connectivity index (χ1) is 16.9. The van der Waals surface area contributed by atoms with Gasteiger partial charge in [-0.05, 0) is 60.5 Å². The number of nitrogens with zero attached hydrogens (tertiary/aromatic N) is 3. The van der Waals surface area contributed by atoms with E-state index in [-0.39, 0.29) is 23.6 Å². The van der Waals surface area contributed by atoms with Crippen LogP contribution in [0.25, 0.3) is 5.76 Å². The van der Waals surface area contributed by atoms with Crippen molar-refractivity contribution in [3.63, 3.8) is 0 Å². The van der Waals surface area contributed by atoms with Crippen LogP contribution < -0.4 is 4.74 Å². The van der Waals surface area contributed by atoms with Crippen molar-refractivity contribution in [2.75, 3.05) is 6.61 Å². The number of Topliss-reactive ketones (excluding diaryl/α,β-unsaturated/α-hetero) is 1. The Bertz CT molecular complexity index is 1270. The average molecular weight is 473 g/mol. The van der Waals surface area contributed by atoms with Gasteiger partial charge in [0.05, 0.1) is 35.4 Å². The Hall–Kier alpha value is -4.53. The summed E-state index contributed by atoms with van der Waals surface area (Å²) in [7, 11) is 0. The molecule has 35 heavy (non-hydrogen) atoms. The Labute approximate surface area is 201 Å². The lowest BCUT2D eigenvalue weighted by Gasteiger charge is -2.25. The summed E-state index contributed by atoms with van der Waals surface area (Å²) in [5.74, 6) is -1.35. The summed E-state index contributed by atoms with van der Waals surface area (Å²) < 4.78 is 5.57. The predicted molar refractivity (Wildman–Crippen MR) is 127 cm³/mol. The molecule has 1 atom stereocenters. The fourth-order valence-corrected chi connectivity index (χ4v) is 3.92. The summed E-state index contributed by atoms with van der Waals surface area (Å²) in [5, 5.41) is 22.3. The van der Waals surface area contributed by atoms with Crippen LogP contribution in [-0.2, 0) is 16.1 Å². The van der Waals surface area contributed by atoms with Crippen LogP contribution in [0.15, 0.2) is 78.5 Å². The van der Waals surface area contributed by atoms with Gasteiger partial charge < -0.3 is 14.7 Å². The van der Waals surface area contributed by atoms with Crippen LogP contribution in [0, 0.1) is 10.1 Å². The number of pyridine rings is 1. The van der Waals surface area contributed by atoms with Gasteiger partial charge in [-0.25, -0.2) is 0 Å². The molecular weight excluding hydrogens is 450 g/mol. The minimum atomic E-state index is -0.950. The Balaban J connectivity index is 1.79. The molecule has 2 heterocycles. The van der Waals surface area contributed by atoms with E-state index in [9.17, 15) is 24.8 Å². The maximum Gasteiger partial charge on any atom is 0.296 e. The second-order valence-corrected chi connectivity index (χ2v) is 7.97. The fraction of sp³-hybridized carbons (Fsp3) is 0.192. The van der Waals surface area contributed by atoms with Gasteiger partial charge in [-0.2, -0.15) is 0 Å². The zero-order chi connectivity index (χ0) is 24.9. The van der Waals surface area contributed by atoms with E-state index in [1.165, 1.54) is 29.2 Å². The molecule has 0 radical (unpaired) electrons. The molecule has 1 N–H and O–H groups in total.